The van der Waals surface area contributed by atoms with Gasteiger partial charge in [0.25, 0.3) is 0 Å². The van der Waals surface area contributed by atoms with E-state index >= 15 is 0 Å². The molecule has 0 radical (unpaired) electrons. The van der Waals surface area contributed by atoms with E-state index < -0.39 is 0 Å². The maximum Gasteiger partial charge on any atom is 0.141 e. The van der Waals surface area contributed by atoms with Crippen molar-refractivity contribution in [3.63, 3.8) is 0 Å². The average molecular weight is 536 g/mol. The first-order valence-electron chi connectivity index (χ1n) is 13.2. The second-order valence-corrected chi connectivity index (χ2v) is 10.4. The van der Waals surface area contributed by atoms with Gasteiger partial charge >= 0.3 is 0 Å². The summed E-state index contributed by atoms with van der Waals surface area (Å²) >= 11 is 13.4. The Balaban J connectivity index is 2.59. The number of ether oxygens (including phenoxy) is 4. The fourth-order valence-electron chi connectivity index (χ4n) is 3.84. The van der Waals surface area contributed by atoms with Gasteiger partial charge in [-0.25, -0.2) is 0 Å². The molecule has 0 aliphatic rings. The largest absolute Gasteiger partial charge is 0.490 e. The molecule has 0 saturated heterocycles. The molecule has 4 atom stereocenters. The molecule has 4 unspecified atom stereocenters. The number of hydrogen-bond acceptors (Lipinski definition) is 4. The molecule has 0 amide bonds. The average Bonchev–Trinajstić information content (AvgIpc) is 2.87. The van der Waals surface area contributed by atoms with Crippen LogP contribution in [0.1, 0.15) is 81.1 Å². The van der Waals surface area contributed by atoms with E-state index in [0.717, 1.165) is 53.0 Å². The zero-order valence-electron chi connectivity index (χ0n) is 22.8. The van der Waals surface area contributed by atoms with Gasteiger partial charge in [-0.2, -0.15) is 0 Å². The van der Waals surface area contributed by atoms with Gasteiger partial charge in [0.15, 0.2) is 0 Å². The Morgan fingerprint density at radius 2 is 0.972 bits per heavy atom. The highest BCUT2D eigenvalue weighted by Crippen LogP contribution is 2.53. The van der Waals surface area contributed by atoms with Crippen LogP contribution in [-0.2, 0) is 0 Å². The molecule has 0 N–H and O–H groups in total. The summed E-state index contributed by atoms with van der Waals surface area (Å²) in [4.78, 5) is 0. The number of halogens is 2. The summed E-state index contributed by atoms with van der Waals surface area (Å²) in [5.41, 5.74) is 0. The van der Waals surface area contributed by atoms with E-state index in [4.69, 9.17) is 42.1 Å². The predicted molar refractivity (Wildman–Crippen MR) is 153 cm³/mol. The third-order valence-electron chi connectivity index (χ3n) is 6.74. The molecule has 36 heavy (non-hydrogen) atoms. The molecule has 0 fully saturated rings. The van der Waals surface area contributed by atoms with Gasteiger partial charge in [0.1, 0.15) is 23.0 Å². The van der Waals surface area contributed by atoms with Crippen LogP contribution >= 0.6 is 23.2 Å². The SMILES string of the molecule is CCC(C)Oc1ccc(OC(C)CC)c2c(OC(C)CC)c3c(Cl)c(Cl)ccc3c(OC(C)CC)c12. The highest BCUT2D eigenvalue weighted by molar-refractivity contribution is 6.46. The maximum atomic E-state index is 6.89. The Hall–Kier alpha value is -2.04. The predicted octanol–water partition coefficient (Wildman–Crippen LogP) is 10.0. The van der Waals surface area contributed by atoms with Gasteiger partial charge in [0, 0.05) is 10.8 Å². The van der Waals surface area contributed by atoms with E-state index in [1.165, 1.54) is 0 Å². The first-order chi connectivity index (χ1) is 17.2. The fourth-order valence-corrected chi connectivity index (χ4v) is 4.25. The highest BCUT2D eigenvalue weighted by atomic mass is 35.5. The van der Waals surface area contributed by atoms with E-state index in [-0.39, 0.29) is 24.4 Å². The quantitative estimate of drug-likeness (QED) is 0.216. The van der Waals surface area contributed by atoms with Crippen molar-refractivity contribution < 1.29 is 18.9 Å². The summed E-state index contributed by atoms with van der Waals surface area (Å²) in [5, 5.41) is 4.09. The fraction of sp³-hybridized carbons (Fsp3) is 0.533. The van der Waals surface area contributed by atoms with Crippen molar-refractivity contribution in [2.45, 2.75) is 105 Å². The van der Waals surface area contributed by atoms with E-state index in [1.807, 2.05) is 31.2 Å². The first-order valence-corrected chi connectivity index (χ1v) is 14.0. The second kappa shape index (κ2) is 12.5. The Morgan fingerprint density at radius 3 is 1.44 bits per heavy atom. The van der Waals surface area contributed by atoms with Crippen LogP contribution in [0.15, 0.2) is 24.3 Å². The van der Waals surface area contributed by atoms with Gasteiger partial charge in [-0.15, -0.1) is 0 Å². The summed E-state index contributed by atoms with van der Waals surface area (Å²) in [5.74, 6) is 2.79. The minimum absolute atomic E-state index is 0.00967. The van der Waals surface area contributed by atoms with Crippen LogP contribution in [-0.4, -0.2) is 24.4 Å². The van der Waals surface area contributed by atoms with E-state index in [1.54, 1.807) is 0 Å². The normalized spacial score (nSPS) is 14.9. The van der Waals surface area contributed by atoms with Gasteiger partial charge in [0.05, 0.1) is 45.2 Å². The Labute approximate surface area is 226 Å². The molecule has 3 rings (SSSR count). The summed E-state index contributed by atoms with van der Waals surface area (Å²) in [6, 6.07) is 7.71. The summed E-state index contributed by atoms with van der Waals surface area (Å²) in [6.45, 7) is 16.7. The smallest absolute Gasteiger partial charge is 0.141 e. The van der Waals surface area contributed by atoms with Crippen LogP contribution in [0.25, 0.3) is 21.5 Å². The Morgan fingerprint density at radius 1 is 0.556 bits per heavy atom. The lowest BCUT2D eigenvalue weighted by Crippen LogP contribution is -2.16. The summed E-state index contributed by atoms with van der Waals surface area (Å²) in [7, 11) is 0. The number of fused-ring (bicyclic) bond motifs is 2. The minimum atomic E-state index is -0.0524. The zero-order chi connectivity index (χ0) is 26.6. The third-order valence-corrected chi connectivity index (χ3v) is 7.55. The second-order valence-electron chi connectivity index (χ2n) is 9.60. The van der Waals surface area contributed by atoms with Crippen molar-refractivity contribution in [1.82, 2.24) is 0 Å². The lowest BCUT2D eigenvalue weighted by molar-refractivity contribution is 0.205. The van der Waals surface area contributed by atoms with Gasteiger partial charge < -0.3 is 18.9 Å². The molecule has 0 aliphatic carbocycles. The number of benzene rings is 3. The van der Waals surface area contributed by atoms with Crippen LogP contribution in [0.2, 0.25) is 10.0 Å². The molecule has 6 heteroatoms. The van der Waals surface area contributed by atoms with Gasteiger partial charge in [-0.3, -0.25) is 0 Å². The number of rotatable bonds is 12. The number of hydrogen-bond donors (Lipinski definition) is 0. The standard InChI is InChI=1S/C30H40Cl2O4/c1-9-17(5)33-23-15-16-24(34-18(6)10-2)27-26(23)29(35-19(7)11-3)21-13-14-22(31)28(32)25(21)30(27)36-20(8)12-4/h13-20H,9-12H2,1-8H3. The lowest BCUT2D eigenvalue weighted by atomic mass is 9.98. The highest BCUT2D eigenvalue weighted by Gasteiger charge is 2.27. The van der Waals surface area contributed by atoms with E-state index in [0.29, 0.717) is 27.3 Å². The molecule has 198 valence electrons. The van der Waals surface area contributed by atoms with Crippen LogP contribution < -0.4 is 18.9 Å². The van der Waals surface area contributed by atoms with Crippen molar-refractivity contribution >= 4 is 44.7 Å². The van der Waals surface area contributed by atoms with E-state index in [9.17, 15) is 0 Å². The van der Waals surface area contributed by atoms with Gasteiger partial charge in [-0.05, 0) is 77.6 Å². The van der Waals surface area contributed by atoms with Crippen LogP contribution in [0.5, 0.6) is 23.0 Å². The van der Waals surface area contributed by atoms with Crippen LogP contribution in [0.4, 0.5) is 0 Å². The molecule has 0 aliphatic heterocycles. The topological polar surface area (TPSA) is 36.9 Å². The molecule has 0 saturated carbocycles. The van der Waals surface area contributed by atoms with Crippen molar-refractivity contribution in [2.24, 2.45) is 0 Å². The summed E-state index contributed by atoms with van der Waals surface area (Å²) < 4.78 is 26.2. The third kappa shape index (κ3) is 5.92. The molecular formula is C30H40Cl2O4. The minimum Gasteiger partial charge on any atom is -0.490 e. The molecule has 0 heterocycles. The monoisotopic (exact) mass is 534 g/mol. The zero-order valence-corrected chi connectivity index (χ0v) is 24.3. The molecule has 0 bridgehead atoms. The van der Waals surface area contributed by atoms with Crippen LogP contribution in [0.3, 0.4) is 0 Å². The molecule has 4 nitrogen and oxygen atoms in total. The van der Waals surface area contributed by atoms with E-state index in [2.05, 4.69) is 48.5 Å². The van der Waals surface area contributed by atoms with Crippen molar-refractivity contribution in [3.05, 3.63) is 34.3 Å². The summed E-state index contributed by atoms with van der Waals surface area (Å²) in [6.07, 6.45) is 3.37. The molecular weight excluding hydrogens is 495 g/mol. The van der Waals surface area contributed by atoms with Crippen LogP contribution in [0, 0.1) is 0 Å². The van der Waals surface area contributed by atoms with Crippen molar-refractivity contribution in [3.8, 4) is 23.0 Å². The molecule has 0 aromatic heterocycles. The lowest BCUT2D eigenvalue weighted by Gasteiger charge is -2.26. The Bertz CT molecular complexity index is 1190. The van der Waals surface area contributed by atoms with Crippen molar-refractivity contribution in [2.75, 3.05) is 0 Å². The van der Waals surface area contributed by atoms with Gasteiger partial charge in [-0.1, -0.05) is 50.9 Å². The Kier molecular flexibility index (Phi) is 9.88. The molecule has 3 aromatic carbocycles. The first kappa shape index (κ1) is 28.5. The molecule has 3 aromatic rings. The maximum absolute atomic E-state index is 6.89. The molecule has 0 spiro atoms. The van der Waals surface area contributed by atoms with Gasteiger partial charge in [0.2, 0.25) is 0 Å². The van der Waals surface area contributed by atoms with Crippen molar-refractivity contribution in [1.29, 1.82) is 0 Å².